The normalized spacial score (nSPS) is 21.3. The Labute approximate surface area is 183 Å². The molecule has 0 saturated carbocycles. The maximum absolute atomic E-state index is 13.9. The number of aromatic nitrogens is 3. The highest BCUT2D eigenvalue weighted by molar-refractivity contribution is 6.30. The quantitative estimate of drug-likeness (QED) is 0.646. The second-order valence-corrected chi connectivity index (χ2v) is 8.42. The lowest BCUT2D eigenvalue weighted by atomic mass is 10.0. The zero-order valence-electron chi connectivity index (χ0n) is 16.7. The van der Waals surface area contributed by atoms with Crippen molar-refractivity contribution in [2.45, 2.75) is 31.4 Å². The van der Waals surface area contributed by atoms with Gasteiger partial charge < -0.3 is 20.2 Å². The van der Waals surface area contributed by atoms with Crippen molar-refractivity contribution in [2.75, 3.05) is 29.9 Å². The number of hydrogen-bond donors (Lipinski definition) is 2. The number of nitrogens with one attached hydrogen (secondary N) is 1. The van der Waals surface area contributed by atoms with Crippen LogP contribution in [0.3, 0.4) is 0 Å². The van der Waals surface area contributed by atoms with Crippen LogP contribution in [0.25, 0.3) is 5.65 Å². The third kappa shape index (κ3) is 3.90. The monoisotopic (exact) mass is 444 g/mol. The van der Waals surface area contributed by atoms with Gasteiger partial charge in [-0.2, -0.15) is 5.10 Å². The molecule has 2 aliphatic heterocycles. The van der Waals surface area contributed by atoms with Gasteiger partial charge in [-0.05, 0) is 49.1 Å². The average Bonchev–Trinajstić information content (AvgIpc) is 3.47. The van der Waals surface area contributed by atoms with E-state index in [1.165, 1.54) is 12.1 Å². The van der Waals surface area contributed by atoms with Crippen LogP contribution in [0.15, 0.2) is 36.7 Å². The number of nitrogens with zero attached hydrogens (tertiary/aromatic N) is 5. The van der Waals surface area contributed by atoms with Gasteiger partial charge in [0.2, 0.25) is 0 Å². The number of carbonyl (C=O) groups is 1. The van der Waals surface area contributed by atoms with E-state index >= 15 is 0 Å². The van der Waals surface area contributed by atoms with E-state index in [0.717, 1.165) is 30.8 Å². The summed E-state index contributed by atoms with van der Waals surface area (Å²) in [6.07, 6.45) is 5.26. The molecule has 8 nitrogen and oxygen atoms in total. The molecular weight excluding hydrogens is 423 g/mol. The standard InChI is InChI=1S/C21H22ClFN6O2/c22-14-8-13(9-15(23)10-14)18-2-1-5-28(18)19-4-7-29-20(26-19)17(11-24-29)25-21(31)27-6-3-16(30)12-27/h4,7-11,16,18,30H,1-3,5-6,12H2,(H,25,31)/t16-,18+/m0/s1. The Morgan fingerprint density at radius 3 is 2.90 bits per heavy atom. The predicted molar refractivity (Wildman–Crippen MR) is 115 cm³/mol. The summed E-state index contributed by atoms with van der Waals surface area (Å²) in [6, 6.07) is 6.16. The lowest BCUT2D eigenvalue weighted by molar-refractivity contribution is 0.176. The van der Waals surface area contributed by atoms with Crippen LogP contribution in [0.2, 0.25) is 5.02 Å². The van der Waals surface area contributed by atoms with Crippen LogP contribution in [0.1, 0.15) is 30.9 Å². The highest BCUT2D eigenvalue weighted by Gasteiger charge is 2.29. The molecule has 2 atom stereocenters. The minimum absolute atomic E-state index is 0.0322. The van der Waals surface area contributed by atoms with E-state index in [0.29, 0.717) is 35.9 Å². The number of fused-ring (bicyclic) bond motifs is 1. The fourth-order valence-corrected chi connectivity index (χ4v) is 4.61. The molecule has 162 valence electrons. The zero-order chi connectivity index (χ0) is 21.5. The van der Waals surface area contributed by atoms with Crippen molar-refractivity contribution < 1.29 is 14.3 Å². The lowest BCUT2D eigenvalue weighted by Crippen LogP contribution is -2.33. The Hall–Kier alpha value is -2.91. The number of β-amino-alcohol motifs (C(OH)–C–C–N with tert-alkyl or cyclic N) is 1. The Bertz CT molecular complexity index is 1120. The molecule has 0 aliphatic carbocycles. The van der Waals surface area contributed by atoms with Gasteiger partial charge in [-0.25, -0.2) is 18.7 Å². The van der Waals surface area contributed by atoms with Crippen LogP contribution >= 0.6 is 11.6 Å². The summed E-state index contributed by atoms with van der Waals surface area (Å²) in [4.78, 5) is 21.0. The number of rotatable bonds is 3. The number of halogens is 2. The van der Waals surface area contributed by atoms with E-state index in [1.807, 2.05) is 6.07 Å². The first kappa shape index (κ1) is 20.0. The minimum Gasteiger partial charge on any atom is -0.391 e. The first-order valence-electron chi connectivity index (χ1n) is 10.3. The number of carbonyl (C=O) groups excluding carboxylic acids is 1. The van der Waals surface area contributed by atoms with Gasteiger partial charge in [0.25, 0.3) is 0 Å². The molecule has 2 N–H and O–H groups in total. The summed E-state index contributed by atoms with van der Waals surface area (Å²) in [5.74, 6) is 0.369. The summed E-state index contributed by atoms with van der Waals surface area (Å²) in [5.41, 5.74) is 1.84. The third-order valence-electron chi connectivity index (χ3n) is 5.86. The van der Waals surface area contributed by atoms with Crippen molar-refractivity contribution in [2.24, 2.45) is 0 Å². The number of likely N-dealkylation sites (tertiary alicyclic amines) is 1. The van der Waals surface area contributed by atoms with Crippen LogP contribution in [0.5, 0.6) is 0 Å². The van der Waals surface area contributed by atoms with Gasteiger partial charge in [0, 0.05) is 30.9 Å². The van der Waals surface area contributed by atoms with Gasteiger partial charge in [0.15, 0.2) is 5.65 Å². The van der Waals surface area contributed by atoms with Gasteiger partial charge >= 0.3 is 6.03 Å². The number of aliphatic hydroxyl groups excluding tert-OH is 1. The molecule has 0 radical (unpaired) electrons. The van der Waals surface area contributed by atoms with Crippen LogP contribution in [0, 0.1) is 5.82 Å². The maximum atomic E-state index is 13.9. The lowest BCUT2D eigenvalue weighted by Gasteiger charge is -2.26. The van der Waals surface area contributed by atoms with Crippen molar-refractivity contribution in [1.29, 1.82) is 0 Å². The topological polar surface area (TPSA) is 86.0 Å². The number of anilines is 2. The molecule has 31 heavy (non-hydrogen) atoms. The predicted octanol–water partition coefficient (Wildman–Crippen LogP) is 3.46. The van der Waals surface area contributed by atoms with Crippen molar-refractivity contribution in [3.05, 3.63) is 53.1 Å². The third-order valence-corrected chi connectivity index (χ3v) is 6.08. The first-order chi connectivity index (χ1) is 15.0. The van der Waals surface area contributed by atoms with Gasteiger partial charge in [-0.3, -0.25) is 0 Å². The highest BCUT2D eigenvalue weighted by Crippen LogP contribution is 2.37. The van der Waals surface area contributed by atoms with Gasteiger partial charge in [0.1, 0.15) is 17.3 Å². The molecule has 3 aromatic rings. The minimum atomic E-state index is -0.484. The number of hydrogen-bond acceptors (Lipinski definition) is 5. The SMILES string of the molecule is O=C(Nc1cnn2ccc(N3CCC[C@@H]3c3cc(F)cc(Cl)c3)nc12)N1CC[C@H](O)C1. The van der Waals surface area contributed by atoms with Gasteiger partial charge in [0.05, 0.1) is 18.3 Å². The molecule has 4 heterocycles. The van der Waals surface area contributed by atoms with Crippen LogP contribution in [0.4, 0.5) is 20.7 Å². The summed E-state index contributed by atoms with van der Waals surface area (Å²) in [5, 5.41) is 17.2. The zero-order valence-corrected chi connectivity index (χ0v) is 17.5. The maximum Gasteiger partial charge on any atom is 0.322 e. The molecule has 0 unspecified atom stereocenters. The van der Waals surface area contributed by atoms with Crippen LogP contribution < -0.4 is 10.2 Å². The smallest absolute Gasteiger partial charge is 0.322 e. The molecule has 2 amide bonds. The van der Waals surface area contributed by atoms with E-state index in [1.54, 1.807) is 27.9 Å². The molecule has 2 fully saturated rings. The fourth-order valence-electron chi connectivity index (χ4n) is 4.38. The molecule has 1 aromatic carbocycles. The fraction of sp³-hybridized carbons (Fsp3) is 0.381. The van der Waals surface area contributed by atoms with E-state index in [2.05, 4.69) is 15.3 Å². The second-order valence-electron chi connectivity index (χ2n) is 7.99. The number of aliphatic hydroxyl groups is 1. The first-order valence-corrected chi connectivity index (χ1v) is 10.7. The molecule has 2 saturated heterocycles. The Morgan fingerprint density at radius 2 is 2.13 bits per heavy atom. The Kier molecular flexibility index (Phi) is 5.15. The van der Waals surface area contributed by atoms with Crippen molar-refractivity contribution in [3.8, 4) is 0 Å². The van der Waals surface area contributed by atoms with E-state index in [9.17, 15) is 14.3 Å². The average molecular weight is 445 g/mol. The van der Waals surface area contributed by atoms with Crippen molar-refractivity contribution >= 4 is 34.8 Å². The molecule has 0 bridgehead atoms. The number of urea groups is 1. The molecule has 0 spiro atoms. The molecular formula is C21H22ClFN6O2. The summed E-state index contributed by atoms with van der Waals surface area (Å²) >= 11 is 6.07. The van der Waals surface area contributed by atoms with Crippen LogP contribution in [-0.2, 0) is 0 Å². The summed E-state index contributed by atoms with van der Waals surface area (Å²) < 4.78 is 15.5. The molecule has 2 aliphatic rings. The molecule has 5 rings (SSSR count). The second kappa shape index (κ2) is 7.97. The van der Waals surface area contributed by atoms with Crippen LogP contribution in [-0.4, -0.2) is 56.4 Å². The van der Waals surface area contributed by atoms with Crippen molar-refractivity contribution in [3.63, 3.8) is 0 Å². The summed E-state index contributed by atoms with van der Waals surface area (Å²) in [6.45, 7) is 1.61. The number of amides is 2. The van der Waals surface area contributed by atoms with E-state index in [-0.39, 0.29) is 17.9 Å². The Morgan fingerprint density at radius 1 is 1.26 bits per heavy atom. The van der Waals surface area contributed by atoms with Gasteiger partial charge in [-0.15, -0.1) is 0 Å². The highest BCUT2D eigenvalue weighted by atomic mass is 35.5. The molecule has 10 heteroatoms. The van der Waals surface area contributed by atoms with Gasteiger partial charge in [-0.1, -0.05) is 11.6 Å². The summed E-state index contributed by atoms with van der Waals surface area (Å²) in [7, 11) is 0. The number of benzene rings is 1. The van der Waals surface area contributed by atoms with E-state index in [4.69, 9.17) is 16.6 Å². The van der Waals surface area contributed by atoms with E-state index < -0.39 is 6.10 Å². The van der Waals surface area contributed by atoms with Crippen molar-refractivity contribution in [1.82, 2.24) is 19.5 Å². The molecule has 2 aromatic heterocycles. The Balaban J connectivity index is 1.42. The largest absolute Gasteiger partial charge is 0.391 e.